The maximum Gasteiger partial charge on any atom is 0.145 e. The van der Waals surface area contributed by atoms with Crippen molar-refractivity contribution in [2.45, 2.75) is 78.9 Å². The number of methoxy groups -OCH3 is 1. The summed E-state index contributed by atoms with van der Waals surface area (Å²) in [5, 5.41) is 11.4. The predicted molar refractivity (Wildman–Crippen MR) is 100 cm³/mol. The number of carbonyl (C=O) groups is 1. The molecule has 0 heterocycles. The molecule has 25 heavy (non-hydrogen) atoms. The Morgan fingerprint density at radius 1 is 1.20 bits per heavy atom. The third-order valence-corrected chi connectivity index (χ3v) is 8.65. The topological polar surface area (TPSA) is 46.5 Å². The summed E-state index contributed by atoms with van der Waals surface area (Å²) >= 11 is 0. The smallest absolute Gasteiger partial charge is 0.145 e. The second-order valence-electron chi connectivity index (χ2n) is 9.55. The van der Waals surface area contributed by atoms with Gasteiger partial charge in [-0.15, -0.1) is 0 Å². The first-order valence-corrected chi connectivity index (χ1v) is 10.1. The molecule has 0 aliphatic heterocycles. The summed E-state index contributed by atoms with van der Waals surface area (Å²) in [6.07, 6.45) is 8.42. The number of hydrogen-bond acceptors (Lipinski definition) is 3. The van der Waals surface area contributed by atoms with Crippen molar-refractivity contribution < 1.29 is 14.6 Å². The van der Waals surface area contributed by atoms with Gasteiger partial charge >= 0.3 is 0 Å². The van der Waals surface area contributed by atoms with Crippen molar-refractivity contribution in [2.24, 2.45) is 34.0 Å². The molecule has 3 fully saturated rings. The average molecular weight is 349 g/mol. The van der Waals surface area contributed by atoms with Crippen molar-refractivity contribution in [3.05, 3.63) is 12.2 Å². The third kappa shape index (κ3) is 2.41. The van der Waals surface area contributed by atoms with Gasteiger partial charge in [0.15, 0.2) is 0 Å². The molecule has 8 atom stereocenters. The summed E-state index contributed by atoms with van der Waals surface area (Å²) in [7, 11) is 1.80. The fraction of sp³-hybridized carbons (Fsp3) is 0.864. The van der Waals surface area contributed by atoms with Gasteiger partial charge in [0, 0.05) is 23.9 Å². The molecule has 3 rings (SSSR count). The van der Waals surface area contributed by atoms with E-state index < -0.39 is 11.5 Å². The zero-order valence-electron chi connectivity index (χ0n) is 16.8. The molecule has 2 bridgehead atoms. The largest absolute Gasteiger partial charge is 0.392 e. The summed E-state index contributed by atoms with van der Waals surface area (Å²) < 4.78 is 5.92. The van der Waals surface area contributed by atoms with E-state index in [0.29, 0.717) is 18.1 Å². The van der Waals surface area contributed by atoms with Crippen molar-refractivity contribution in [1.29, 1.82) is 0 Å². The highest BCUT2D eigenvalue weighted by atomic mass is 16.5. The van der Waals surface area contributed by atoms with Gasteiger partial charge in [-0.1, -0.05) is 32.9 Å². The van der Waals surface area contributed by atoms with Crippen LogP contribution in [-0.2, 0) is 9.53 Å². The Kier molecular flexibility index (Phi) is 4.73. The molecule has 3 aliphatic rings. The standard InChI is InChI=1S/C22H36O3/c1-7-10-20(4)13-17(23)21(5)14(2)8-11-22(15(3)19(20)24)12-9-16(25-6)18(21)22/h7,10,14-18,23H,8-9,11-13H2,1-6H3/b10-7+/t14-,15+,16-,17-,18?,20-,21+,22?/m1/s1. The molecular weight excluding hydrogens is 312 g/mol. The van der Waals surface area contributed by atoms with Crippen LogP contribution in [0.15, 0.2) is 12.2 Å². The van der Waals surface area contributed by atoms with Gasteiger partial charge in [0.05, 0.1) is 12.2 Å². The molecule has 3 heteroatoms. The van der Waals surface area contributed by atoms with Crippen molar-refractivity contribution >= 4 is 5.78 Å². The van der Waals surface area contributed by atoms with Crippen LogP contribution in [0.25, 0.3) is 0 Å². The Bertz CT molecular complexity index is 570. The molecule has 0 aromatic rings. The van der Waals surface area contributed by atoms with Crippen LogP contribution >= 0.6 is 0 Å². The zero-order chi connectivity index (χ0) is 18.6. The van der Waals surface area contributed by atoms with E-state index in [-0.39, 0.29) is 28.8 Å². The quantitative estimate of drug-likeness (QED) is 0.753. The number of hydrogen-bond donors (Lipinski definition) is 1. The summed E-state index contributed by atoms with van der Waals surface area (Å²) in [5.74, 6) is 1.02. The molecule has 0 aromatic carbocycles. The monoisotopic (exact) mass is 348 g/mol. The van der Waals surface area contributed by atoms with Gasteiger partial charge < -0.3 is 9.84 Å². The highest BCUT2D eigenvalue weighted by Crippen LogP contribution is 2.68. The van der Waals surface area contributed by atoms with Crippen molar-refractivity contribution in [3.63, 3.8) is 0 Å². The maximum atomic E-state index is 13.6. The fourth-order valence-corrected chi connectivity index (χ4v) is 6.99. The van der Waals surface area contributed by atoms with E-state index in [1.54, 1.807) is 7.11 Å². The Morgan fingerprint density at radius 3 is 2.44 bits per heavy atom. The molecule has 0 radical (unpaired) electrons. The maximum absolute atomic E-state index is 13.6. The summed E-state index contributed by atoms with van der Waals surface area (Å²) in [6, 6.07) is 0. The molecule has 0 spiro atoms. The van der Waals surface area contributed by atoms with Gasteiger partial charge in [0.25, 0.3) is 0 Å². The predicted octanol–water partition coefficient (Wildman–Crippen LogP) is 4.39. The van der Waals surface area contributed by atoms with Crippen LogP contribution in [0.4, 0.5) is 0 Å². The molecule has 3 saturated carbocycles. The Labute approximate surface area is 153 Å². The fourth-order valence-electron chi connectivity index (χ4n) is 6.99. The first-order chi connectivity index (χ1) is 11.7. The van der Waals surface area contributed by atoms with E-state index in [9.17, 15) is 9.90 Å². The van der Waals surface area contributed by atoms with Crippen molar-refractivity contribution in [2.75, 3.05) is 7.11 Å². The van der Waals surface area contributed by atoms with Gasteiger partial charge in [0.2, 0.25) is 0 Å². The van der Waals surface area contributed by atoms with Crippen LogP contribution in [0.2, 0.25) is 0 Å². The lowest BCUT2D eigenvalue weighted by molar-refractivity contribution is -0.188. The normalized spacial score (nSPS) is 53.6. The summed E-state index contributed by atoms with van der Waals surface area (Å²) in [6.45, 7) is 10.7. The van der Waals surface area contributed by atoms with Crippen LogP contribution in [0.5, 0.6) is 0 Å². The number of Topliss-reactive ketones (excluding diaryl/α,β-unsaturated/α-hetero) is 1. The molecule has 3 nitrogen and oxygen atoms in total. The second kappa shape index (κ2) is 6.20. The lowest BCUT2D eigenvalue weighted by atomic mass is 9.44. The number of ether oxygens (including phenoxy) is 1. The lowest BCUT2D eigenvalue weighted by Gasteiger charge is -2.61. The molecule has 2 unspecified atom stereocenters. The van der Waals surface area contributed by atoms with E-state index >= 15 is 0 Å². The van der Waals surface area contributed by atoms with Crippen molar-refractivity contribution in [1.82, 2.24) is 0 Å². The van der Waals surface area contributed by atoms with E-state index in [2.05, 4.69) is 20.8 Å². The van der Waals surface area contributed by atoms with Gasteiger partial charge in [-0.05, 0) is 63.2 Å². The Balaban J connectivity index is 2.20. The molecule has 0 amide bonds. The summed E-state index contributed by atoms with van der Waals surface area (Å²) in [5.41, 5.74) is -0.800. The minimum Gasteiger partial charge on any atom is -0.392 e. The number of aliphatic hydroxyl groups excluding tert-OH is 1. The van der Waals surface area contributed by atoms with Gasteiger partial charge in [0.1, 0.15) is 5.78 Å². The number of rotatable bonds is 2. The van der Waals surface area contributed by atoms with Crippen LogP contribution in [0, 0.1) is 34.0 Å². The van der Waals surface area contributed by atoms with Crippen LogP contribution in [-0.4, -0.2) is 30.2 Å². The number of carbonyl (C=O) groups excluding carboxylic acids is 1. The van der Waals surface area contributed by atoms with E-state index in [1.165, 1.54) is 0 Å². The molecule has 142 valence electrons. The number of aliphatic hydroxyl groups is 1. The molecule has 1 N–H and O–H groups in total. The van der Waals surface area contributed by atoms with Gasteiger partial charge in [-0.2, -0.15) is 0 Å². The molecule has 0 aromatic heterocycles. The average Bonchev–Trinajstić information content (AvgIpc) is 2.97. The molecule has 0 saturated heterocycles. The second-order valence-corrected chi connectivity index (χ2v) is 9.55. The highest BCUT2D eigenvalue weighted by Gasteiger charge is 2.67. The zero-order valence-corrected chi connectivity index (χ0v) is 16.8. The van der Waals surface area contributed by atoms with Gasteiger partial charge in [-0.25, -0.2) is 0 Å². The molecular formula is C22H36O3. The Morgan fingerprint density at radius 2 is 1.84 bits per heavy atom. The number of allylic oxidation sites excluding steroid dienone is 2. The third-order valence-electron chi connectivity index (χ3n) is 8.65. The van der Waals surface area contributed by atoms with Crippen molar-refractivity contribution in [3.8, 4) is 0 Å². The summed E-state index contributed by atoms with van der Waals surface area (Å²) in [4.78, 5) is 13.6. The molecule has 3 aliphatic carbocycles. The minimum absolute atomic E-state index is 0.0122. The van der Waals surface area contributed by atoms with Gasteiger partial charge in [-0.3, -0.25) is 4.79 Å². The highest BCUT2D eigenvalue weighted by molar-refractivity contribution is 5.89. The first kappa shape index (κ1) is 19.1. The Hall–Kier alpha value is -0.670. The van der Waals surface area contributed by atoms with E-state index in [1.807, 2.05) is 26.0 Å². The van der Waals surface area contributed by atoms with E-state index in [0.717, 1.165) is 25.7 Å². The number of ketones is 1. The SMILES string of the molecule is C/C=C/[C@]1(C)C[C@@H](O)[C@@]2(C)C3[C@H](OC)CCC3(CC[C@H]2C)[C@@H](C)C1=O. The lowest BCUT2D eigenvalue weighted by Crippen LogP contribution is -2.62. The first-order valence-electron chi connectivity index (χ1n) is 10.1. The minimum atomic E-state index is -0.574. The van der Waals surface area contributed by atoms with Crippen LogP contribution in [0.1, 0.15) is 66.7 Å². The van der Waals surface area contributed by atoms with E-state index in [4.69, 9.17) is 4.74 Å². The van der Waals surface area contributed by atoms with Crippen LogP contribution in [0.3, 0.4) is 0 Å². The van der Waals surface area contributed by atoms with Crippen LogP contribution < -0.4 is 0 Å².